The fourth-order valence-corrected chi connectivity index (χ4v) is 2.95. The number of benzene rings is 2. The number of sulfone groups is 1. The van der Waals surface area contributed by atoms with Crippen LogP contribution in [0.25, 0.3) is 5.69 Å². The van der Waals surface area contributed by atoms with Crippen LogP contribution in [-0.2, 0) is 9.84 Å². The van der Waals surface area contributed by atoms with E-state index in [1.807, 2.05) is 0 Å². The van der Waals surface area contributed by atoms with E-state index in [1.54, 1.807) is 6.07 Å². The normalized spacial score (nSPS) is 11.1. The summed E-state index contributed by atoms with van der Waals surface area (Å²) in [5, 5.41) is 3.98. The number of rotatable bonds is 4. The van der Waals surface area contributed by atoms with Gasteiger partial charge in [0.1, 0.15) is 11.5 Å². The van der Waals surface area contributed by atoms with Gasteiger partial charge in [0.25, 0.3) is 11.8 Å². The van der Waals surface area contributed by atoms with Crippen LogP contribution in [0.4, 0.5) is 4.39 Å². The second-order valence-corrected chi connectivity index (χ2v) is 7.82. The number of nitrogens with one attached hydrogen (secondary N) is 2. The van der Waals surface area contributed by atoms with Crippen molar-refractivity contribution in [3.63, 3.8) is 0 Å². The third-order valence-electron chi connectivity index (χ3n) is 3.76. The van der Waals surface area contributed by atoms with Gasteiger partial charge in [-0.1, -0.05) is 12.1 Å². The maximum absolute atomic E-state index is 13.8. The number of nitrogens with zero attached hydrogens (tertiary/aromatic N) is 2. The molecule has 1 heterocycles. The van der Waals surface area contributed by atoms with Gasteiger partial charge in [-0.05, 0) is 42.5 Å². The number of carbonyl (C=O) groups is 2. The highest BCUT2D eigenvalue weighted by atomic mass is 32.2. The van der Waals surface area contributed by atoms with Gasteiger partial charge in [0.15, 0.2) is 15.5 Å². The number of hydrazine groups is 1. The largest absolute Gasteiger partial charge is 0.290 e. The van der Waals surface area contributed by atoms with E-state index in [2.05, 4.69) is 16.0 Å². The molecular weight excluding hydrogens is 387 g/mol. The molecule has 8 nitrogen and oxygen atoms in total. The van der Waals surface area contributed by atoms with Gasteiger partial charge in [-0.2, -0.15) is 5.10 Å². The lowest BCUT2D eigenvalue weighted by molar-refractivity contribution is 0.0843. The van der Waals surface area contributed by atoms with Crippen LogP contribution in [0.1, 0.15) is 20.8 Å². The lowest BCUT2D eigenvalue weighted by Crippen LogP contribution is -2.41. The summed E-state index contributed by atoms with van der Waals surface area (Å²) in [5.74, 6) is -1.83. The van der Waals surface area contributed by atoms with Crippen LogP contribution in [0, 0.1) is 5.82 Å². The van der Waals surface area contributed by atoms with Gasteiger partial charge in [-0.25, -0.2) is 17.5 Å². The molecule has 0 unspecified atom stereocenters. The van der Waals surface area contributed by atoms with Crippen LogP contribution in [-0.4, -0.2) is 36.3 Å². The topological polar surface area (TPSA) is 110 Å². The number of carbonyl (C=O) groups excluding carboxylic acids is 2. The first-order valence-electron chi connectivity index (χ1n) is 7.97. The molecule has 0 aliphatic rings. The van der Waals surface area contributed by atoms with Crippen molar-refractivity contribution >= 4 is 21.7 Å². The summed E-state index contributed by atoms with van der Waals surface area (Å²) in [6, 6.07) is 12.6. The third-order valence-corrected chi connectivity index (χ3v) is 4.88. The summed E-state index contributed by atoms with van der Waals surface area (Å²) in [6.07, 6.45) is 2.47. The Labute approximate surface area is 159 Å². The molecule has 2 N–H and O–H groups in total. The first kappa shape index (κ1) is 19.2. The smallest absolute Gasteiger partial charge is 0.267 e. The van der Waals surface area contributed by atoms with Crippen molar-refractivity contribution < 1.29 is 22.4 Å². The summed E-state index contributed by atoms with van der Waals surface area (Å²) in [4.78, 5) is 24.3. The van der Waals surface area contributed by atoms with Gasteiger partial charge in [0.05, 0.1) is 4.90 Å². The monoisotopic (exact) mass is 402 g/mol. The van der Waals surface area contributed by atoms with Gasteiger partial charge in [-0.3, -0.25) is 20.4 Å². The molecule has 28 heavy (non-hydrogen) atoms. The zero-order chi connectivity index (χ0) is 20.3. The van der Waals surface area contributed by atoms with Gasteiger partial charge < -0.3 is 0 Å². The summed E-state index contributed by atoms with van der Waals surface area (Å²) in [6.45, 7) is 0. The Morgan fingerprint density at radius 3 is 2.25 bits per heavy atom. The van der Waals surface area contributed by atoms with E-state index in [9.17, 15) is 22.4 Å². The maximum atomic E-state index is 13.8. The Kier molecular flexibility index (Phi) is 5.23. The molecule has 3 rings (SSSR count). The highest BCUT2D eigenvalue weighted by Crippen LogP contribution is 2.12. The standard InChI is InChI=1S/C18H15FN4O4S/c1-28(26,27)13-8-6-12(7-9-13)17(24)20-21-18(25)15-10-11-23(22-15)16-5-3-2-4-14(16)19/h2-11H,1H3,(H,20,24)(H,21,25). The van der Waals surface area contributed by atoms with Crippen LogP contribution >= 0.6 is 0 Å². The predicted molar refractivity (Wildman–Crippen MR) is 98.0 cm³/mol. The Bertz CT molecular complexity index is 1140. The quantitative estimate of drug-likeness (QED) is 0.643. The predicted octanol–water partition coefficient (Wildman–Crippen LogP) is 1.49. The van der Waals surface area contributed by atoms with Crippen molar-refractivity contribution in [1.82, 2.24) is 20.6 Å². The van der Waals surface area contributed by atoms with E-state index in [0.717, 1.165) is 6.26 Å². The van der Waals surface area contributed by atoms with E-state index in [0.29, 0.717) is 0 Å². The fraction of sp³-hybridized carbons (Fsp3) is 0.0556. The van der Waals surface area contributed by atoms with Crippen LogP contribution in [0.3, 0.4) is 0 Å². The van der Waals surface area contributed by atoms with E-state index >= 15 is 0 Å². The van der Waals surface area contributed by atoms with Crippen molar-refractivity contribution in [3.8, 4) is 5.69 Å². The molecule has 0 spiro atoms. The number of hydrogen-bond donors (Lipinski definition) is 2. The molecule has 0 fully saturated rings. The molecule has 0 aliphatic carbocycles. The highest BCUT2D eigenvalue weighted by Gasteiger charge is 2.14. The number of amides is 2. The first-order chi connectivity index (χ1) is 13.3. The van der Waals surface area contributed by atoms with Crippen LogP contribution in [0.2, 0.25) is 0 Å². The molecule has 0 radical (unpaired) electrons. The molecule has 10 heteroatoms. The van der Waals surface area contributed by atoms with Gasteiger partial charge in [0, 0.05) is 18.0 Å². The molecule has 1 aromatic heterocycles. The number of halogens is 1. The molecule has 0 bridgehead atoms. The second-order valence-electron chi connectivity index (χ2n) is 5.80. The summed E-state index contributed by atoms with van der Waals surface area (Å²) >= 11 is 0. The lowest BCUT2D eigenvalue weighted by atomic mass is 10.2. The van der Waals surface area contributed by atoms with Crippen molar-refractivity contribution in [2.24, 2.45) is 0 Å². The number of para-hydroxylation sites is 1. The zero-order valence-electron chi connectivity index (χ0n) is 14.6. The summed E-state index contributed by atoms with van der Waals surface area (Å²) in [7, 11) is -3.37. The molecular formula is C18H15FN4O4S. The average molecular weight is 402 g/mol. The van der Waals surface area contributed by atoms with Crippen molar-refractivity contribution in [1.29, 1.82) is 0 Å². The molecule has 2 aromatic carbocycles. The Morgan fingerprint density at radius 1 is 0.964 bits per heavy atom. The Balaban J connectivity index is 1.64. The molecule has 2 amide bonds. The SMILES string of the molecule is CS(=O)(=O)c1ccc(C(=O)NNC(=O)c2ccn(-c3ccccc3F)n2)cc1. The molecule has 0 saturated carbocycles. The maximum Gasteiger partial charge on any atom is 0.290 e. The van der Waals surface area contributed by atoms with Crippen LogP contribution in [0.5, 0.6) is 0 Å². The van der Waals surface area contributed by atoms with E-state index in [1.165, 1.54) is 59.4 Å². The minimum Gasteiger partial charge on any atom is -0.267 e. The molecule has 0 atom stereocenters. The fourth-order valence-electron chi connectivity index (χ4n) is 2.32. The summed E-state index contributed by atoms with van der Waals surface area (Å²) in [5.41, 5.74) is 4.70. The van der Waals surface area contributed by atoms with Crippen molar-refractivity contribution in [2.75, 3.05) is 6.26 Å². The molecule has 0 saturated heterocycles. The van der Waals surface area contributed by atoms with Crippen molar-refractivity contribution in [3.05, 3.63) is 77.9 Å². The molecule has 3 aromatic rings. The Morgan fingerprint density at radius 2 is 1.61 bits per heavy atom. The average Bonchev–Trinajstić information content (AvgIpc) is 3.15. The molecule has 144 valence electrons. The Hall–Kier alpha value is -3.53. The molecule has 0 aliphatic heterocycles. The zero-order valence-corrected chi connectivity index (χ0v) is 15.4. The second kappa shape index (κ2) is 7.61. The first-order valence-corrected chi connectivity index (χ1v) is 9.86. The number of hydrogen-bond acceptors (Lipinski definition) is 5. The third kappa shape index (κ3) is 4.23. The van der Waals surface area contributed by atoms with Gasteiger partial charge >= 0.3 is 0 Å². The van der Waals surface area contributed by atoms with E-state index in [-0.39, 0.29) is 21.8 Å². The highest BCUT2D eigenvalue weighted by molar-refractivity contribution is 7.90. The minimum atomic E-state index is -3.37. The van der Waals surface area contributed by atoms with Crippen LogP contribution < -0.4 is 10.9 Å². The van der Waals surface area contributed by atoms with Gasteiger partial charge in [0.2, 0.25) is 0 Å². The van der Waals surface area contributed by atoms with Gasteiger partial charge in [-0.15, -0.1) is 0 Å². The van der Waals surface area contributed by atoms with Crippen molar-refractivity contribution in [2.45, 2.75) is 4.90 Å². The van der Waals surface area contributed by atoms with E-state index in [4.69, 9.17) is 0 Å². The lowest BCUT2D eigenvalue weighted by Gasteiger charge is -2.07. The summed E-state index contributed by atoms with van der Waals surface area (Å²) < 4.78 is 37.8. The number of aromatic nitrogens is 2. The van der Waals surface area contributed by atoms with Crippen LogP contribution in [0.15, 0.2) is 65.7 Å². The minimum absolute atomic E-state index is 0.0315. The van der Waals surface area contributed by atoms with E-state index < -0.39 is 27.5 Å².